The quantitative estimate of drug-likeness (QED) is 0.873. The normalized spacial score (nSPS) is 9.85. The van der Waals surface area contributed by atoms with Gasteiger partial charge in [-0.15, -0.1) is 0 Å². The summed E-state index contributed by atoms with van der Waals surface area (Å²) in [5.41, 5.74) is -1.11. The molecule has 7 heteroatoms. The van der Waals surface area contributed by atoms with Gasteiger partial charge in [-0.1, -0.05) is 0 Å². The third kappa shape index (κ3) is 2.40. The van der Waals surface area contributed by atoms with Gasteiger partial charge >= 0.3 is 5.69 Å². The first-order valence-corrected chi connectivity index (χ1v) is 5.58. The van der Waals surface area contributed by atoms with Crippen molar-refractivity contribution in [3.8, 4) is 23.3 Å². The van der Waals surface area contributed by atoms with Gasteiger partial charge in [-0.2, -0.15) is 5.26 Å². The molecule has 1 aromatic heterocycles. The van der Waals surface area contributed by atoms with Crippen molar-refractivity contribution < 1.29 is 9.47 Å². The molecule has 0 radical (unpaired) electrons. The fourth-order valence-corrected chi connectivity index (χ4v) is 1.67. The van der Waals surface area contributed by atoms with E-state index < -0.39 is 11.2 Å². The van der Waals surface area contributed by atoms with Gasteiger partial charge in [0.2, 0.25) is 0 Å². The zero-order chi connectivity index (χ0) is 14.7. The van der Waals surface area contributed by atoms with Crippen LogP contribution in [0.2, 0.25) is 0 Å². The summed E-state index contributed by atoms with van der Waals surface area (Å²) < 4.78 is 11.4. The third-order valence-corrected chi connectivity index (χ3v) is 2.68. The highest BCUT2D eigenvalue weighted by molar-refractivity contribution is 5.47. The Kier molecular flexibility index (Phi) is 3.57. The zero-order valence-corrected chi connectivity index (χ0v) is 10.8. The van der Waals surface area contributed by atoms with Crippen molar-refractivity contribution in [2.24, 2.45) is 0 Å². The predicted octanol–water partition coefficient (Wildman–Crippen LogP) is 0.415. The van der Waals surface area contributed by atoms with E-state index in [4.69, 9.17) is 14.7 Å². The second-order valence-electron chi connectivity index (χ2n) is 3.85. The van der Waals surface area contributed by atoms with Gasteiger partial charge in [0.25, 0.3) is 5.56 Å². The van der Waals surface area contributed by atoms with Gasteiger partial charge in [-0.3, -0.25) is 14.3 Å². The number of aromatic amines is 1. The van der Waals surface area contributed by atoms with Crippen molar-refractivity contribution in [2.75, 3.05) is 14.2 Å². The molecule has 0 spiro atoms. The van der Waals surface area contributed by atoms with Crippen molar-refractivity contribution in [1.29, 1.82) is 5.26 Å². The van der Waals surface area contributed by atoms with Crippen LogP contribution in [0.25, 0.3) is 5.69 Å². The van der Waals surface area contributed by atoms with Gasteiger partial charge in [0.15, 0.2) is 0 Å². The number of hydrogen-bond acceptors (Lipinski definition) is 5. The summed E-state index contributed by atoms with van der Waals surface area (Å²) in [6, 6.07) is 6.54. The molecule has 1 aromatic carbocycles. The Labute approximate surface area is 113 Å². The van der Waals surface area contributed by atoms with Gasteiger partial charge in [0.1, 0.15) is 23.1 Å². The molecule has 0 amide bonds. The van der Waals surface area contributed by atoms with Crippen LogP contribution in [0.15, 0.2) is 34.0 Å². The maximum absolute atomic E-state index is 11.8. The molecule has 2 aromatic rings. The average Bonchev–Trinajstić information content (AvgIpc) is 2.46. The maximum atomic E-state index is 11.8. The van der Waals surface area contributed by atoms with Crippen LogP contribution in [0.4, 0.5) is 0 Å². The van der Waals surface area contributed by atoms with Crippen LogP contribution < -0.4 is 20.7 Å². The minimum atomic E-state index is -0.719. The number of nitriles is 1. The lowest BCUT2D eigenvalue weighted by Gasteiger charge is -2.10. The fourth-order valence-electron chi connectivity index (χ4n) is 1.67. The van der Waals surface area contributed by atoms with Crippen LogP contribution in [-0.2, 0) is 0 Å². The van der Waals surface area contributed by atoms with E-state index in [0.717, 1.165) is 4.57 Å². The second kappa shape index (κ2) is 5.32. The van der Waals surface area contributed by atoms with Gasteiger partial charge < -0.3 is 9.47 Å². The van der Waals surface area contributed by atoms with Crippen molar-refractivity contribution in [3.63, 3.8) is 0 Å². The molecule has 1 N–H and O–H groups in total. The molecule has 2 rings (SSSR count). The lowest BCUT2D eigenvalue weighted by Crippen LogP contribution is -2.30. The summed E-state index contributed by atoms with van der Waals surface area (Å²) in [6.45, 7) is 0. The Morgan fingerprint density at radius 2 is 1.75 bits per heavy atom. The number of H-pyrrole nitrogens is 1. The summed E-state index contributed by atoms with van der Waals surface area (Å²) in [5.74, 6) is 0.965. The molecule has 20 heavy (non-hydrogen) atoms. The van der Waals surface area contributed by atoms with E-state index in [1.54, 1.807) is 24.3 Å². The van der Waals surface area contributed by atoms with Gasteiger partial charge in [0.05, 0.1) is 19.9 Å². The van der Waals surface area contributed by atoms with Crippen LogP contribution in [0, 0.1) is 11.3 Å². The first-order chi connectivity index (χ1) is 9.58. The number of benzene rings is 1. The number of aromatic nitrogens is 2. The van der Waals surface area contributed by atoms with Crippen LogP contribution >= 0.6 is 0 Å². The molecule has 0 bridgehead atoms. The summed E-state index contributed by atoms with van der Waals surface area (Å²) >= 11 is 0. The molecule has 0 atom stereocenters. The van der Waals surface area contributed by atoms with Crippen LogP contribution in [0.1, 0.15) is 5.56 Å². The van der Waals surface area contributed by atoms with Gasteiger partial charge in [0, 0.05) is 24.4 Å². The lowest BCUT2D eigenvalue weighted by molar-refractivity contribution is 0.394. The lowest BCUT2D eigenvalue weighted by atomic mass is 10.2. The van der Waals surface area contributed by atoms with Crippen LogP contribution in [-0.4, -0.2) is 23.8 Å². The minimum Gasteiger partial charge on any atom is -0.497 e. The summed E-state index contributed by atoms with van der Waals surface area (Å²) in [4.78, 5) is 25.3. The van der Waals surface area contributed by atoms with Gasteiger partial charge in [-0.05, 0) is 0 Å². The molecule has 0 fully saturated rings. The topological polar surface area (TPSA) is 97.1 Å². The second-order valence-corrected chi connectivity index (χ2v) is 3.85. The average molecular weight is 273 g/mol. The predicted molar refractivity (Wildman–Crippen MR) is 70.5 cm³/mol. The van der Waals surface area contributed by atoms with Gasteiger partial charge in [-0.25, -0.2) is 4.79 Å². The smallest absolute Gasteiger partial charge is 0.332 e. The third-order valence-electron chi connectivity index (χ3n) is 2.68. The highest BCUT2D eigenvalue weighted by Crippen LogP contribution is 2.24. The molecule has 0 saturated heterocycles. The fraction of sp³-hybridized carbons (Fsp3) is 0.154. The van der Waals surface area contributed by atoms with Crippen LogP contribution in [0.3, 0.4) is 0 Å². The largest absolute Gasteiger partial charge is 0.497 e. The molecule has 0 aliphatic heterocycles. The summed E-state index contributed by atoms with van der Waals surface area (Å²) in [6.07, 6.45) is 1.18. The standard InChI is InChI=1S/C13H11N3O4/c1-19-10-3-9(4-11(5-10)20-2)16-7-8(6-14)12(17)15-13(16)18/h3-5,7H,1-2H3,(H,15,17,18). The molecule has 0 saturated carbocycles. The number of hydrogen-bond donors (Lipinski definition) is 1. The SMILES string of the molecule is COc1cc(OC)cc(-n2cc(C#N)c(=O)[nH]c2=O)c1. The molecule has 1 heterocycles. The first-order valence-electron chi connectivity index (χ1n) is 5.58. The van der Waals surface area contributed by atoms with E-state index >= 15 is 0 Å². The highest BCUT2D eigenvalue weighted by atomic mass is 16.5. The number of rotatable bonds is 3. The number of ether oxygens (including phenoxy) is 2. The Bertz CT molecular complexity index is 776. The van der Waals surface area contributed by atoms with E-state index in [2.05, 4.69) is 4.98 Å². The Hall–Kier alpha value is -3.01. The molecule has 7 nitrogen and oxygen atoms in total. The molecule has 102 valence electrons. The maximum Gasteiger partial charge on any atom is 0.332 e. The number of nitrogens with one attached hydrogen (secondary N) is 1. The summed E-state index contributed by atoms with van der Waals surface area (Å²) in [7, 11) is 2.96. The molecular weight excluding hydrogens is 262 g/mol. The van der Waals surface area contributed by atoms with E-state index in [1.807, 2.05) is 0 Å². The van der Waals surface area contributed by atoms with E-state index in [0.29, 0.717) is 17.2 Å². The monoisotopic (exact) mass is 273 g/mol. The van der Waals surface area contributed by atoms with E-state index in [-0.39, 0.29) is 5.56 Å². The molecule has 0 aliphatic carbocycles. The Morgan fingerprint density at radius 1 is 1.15 bits per heavy atom. The molecular formula is C13H11N3O4. The van der Waals surface area contributed by atoms with Crippen molar-refractivity contribution in [1.82, 2.24) is 9.55 Å². The van der Waals surface area contributed by atoms with E-state index in [1.165, 1.54) is 20.4 Å². The first kappa shape index (κ1) is 13.4. The minimum absolute atomic E-state index is 0.161. The van der Waals surface area contributed by atoms with E-state index in [9.17, 15) is 9.59 Å². The Balaban J connectivity index is 2.71. The van der Waals surface area contributed by atoms with Crippen LogP contribution in [0.5, 0.6) is 11.5 Å². The molecule has 0 aliphatic rings. The number of methoxy groups -OCH3 is 2. The zero-order valence-electron chi connectivity index (χ0n) is 10.8. The number of nitrogens with zero attached hydrogens (tertiary/aromatic N) is 2. The van der Waals surface area contributed by atoms with Crippen molar-refractivity contribution in [3.05, 3.63) is 50.8 Å². The summed E-state index contributed by atoms with van der Waals surface area (Å²) in [5, 5.41) is 8.85. The molecule has 0 unspecified atom stereocenters. The Morgan fingerprint density at radius 3 is 2.25 bits per heavy atom. The highest BCUT2D eigenvalue weighted by Gasteiger charge is 2.08. The van der Waals surface area contributed by atoms with Crippen molar-refractivity contribution >= 4 is 0 Å². The van der Waals surface area contributed by atoms with Crippen molar-refractivity contribution in [2.45, 2.75) is 0 Å².